The highest BCUT2D eigenvalue weighted by molar-refractivity contribution is 5.91. The number of H-pyrrole nitrogens is 1. The first kappa shape index (κ1) is 12.4. The van der Waals surface area contributed by atoms with Gasteiger partial charge in [-0.3, -0.25) is 9.89 Å². The van der Waals surface area contributed by atoms with Crippen molar-refractivity contribution < 1.29 is 4.79 Å². The van der Waals surface area contributed by atoms with Gasteiger partial charge >= 0.3 is 0 Å². The summed E-state index contributed by atoms with van der Waals surface area (Å²) in [5.74, 6) is -0.319. The number of aromatic nitrogens is 2. The summed E-state index contributed by atoms with van der Waals surface area (Å²) in [7, 11) is 0. The number of carbonyl (C=O) groups excluding carboxylic acids is 1. The summed E-state index contributed by atoms with van der Waals surface area (Å²) >= 11 is 0. The zero-order valence-corrected chi connectivity index (χ0v) is 10.6. The van der Waals surface area contributed by atoms with Crippen molar-refractivity contribution in [3.05, 3.63) is 53.9 Å². The zero-order valence-electron chi connectivity index (χ0n) is 10.6. The van der Waals surface area contributed by atoms with E-state index in [0.29, 0.717) is 0 Å². The van der Waals surface area contributed by atoms with E-state index in [1.54, 1.807) is 12.4 Å². The second-order valence-electron chi connectivity index (χ2n) is 4.68. The maximum atomic E-state index is 12.1. The van der Waals surface area contributed by atoms with Gasteiger partial charge in [0.1, 0.15) is 5.41 Å². The van der Waals surface area contributed by atoms with Crippen molar-refractivity contribution in [3.63, 3.8) is 0 Å². The summed E-state index contributed by atoms with van der Waals surface area (Å²) in [6.45, 7) is 3.98. The average Bonchev–Trinajstić information content (AvgIpc) is 2.84. The molecule has 0 aliphatic heterocycles. The highest BCUT2D eigenvalue weighted by atomic mass is 16.1. The third-order valence-corrected chi connectivity index (χ3v) is 3.44. The van der Waals surface area contributed by atoms with Gasteiger partial charge in [0.05, 0.1) is 6.20 Å². The molecule has 1 heterocycles. The number of nitrogens with two attached hydrogens (primary N) is 1. The Balaban J connectivity index is 2.70. The Bertz CT molecular complexity index is 519. The van der Waals surface area contributed by atoms with Gasteiger partial charge in [-0.1, -0.05) is 44.2 Å². The van der Waals surface area contributed by atoms with Crippen LogP contribution in [0.15, 0.2) is 42.7 Å². The Morgan fingerprint density at radius 3 is 2.39 bits per heavy atom. The maximum Gasteiger partial charge on any atom is 0.232 e. The molecule has 0 fully saturated rings. The predicted molar refractivity (Wildman–Crippen MR) is 69.8 cm³/mol. The third-order valence-electron chi connectivity index (χ3n) is 3.44. The molecule has 1 unspecified atom stereocenters. The molecule has 0 saturated carbocycles. The highest BCUT2D eigenvalue weighted by Gasteiger charge is 2.44. The molecule has 2 aromatic rings. The summed E-state index contributed by atoms with van der Waals surface area (Å²) in [5.41, 5.74) is 6.58. The van der Waals surface area contributed by atoms with Gasteiger partial charge in [-0.25, -0.2) is 0 Å². The van der Waals surface area contributed by atoms with Crippen LogP contribution in [0.5, 0.6) is 0 Å². The summed E-state index contributed by atoms with van der Waals surface area (Å²) in [6.07, 6.45) is 3.40. The van der Waals surface area contributed by atoms with Crippen molar-refractivity contribution >= 4 is 5.91 Å². The summed E-state index contributed by atoms with van der Waals surface area (Å²) in [4.78, 5) is 12.1. The monoisotopic (exact) mass is 243 g/mol. The lowest BCUT2D eigenvalue weighted by Gasteiger charge is -2.34. The lowest BCUT2D eigenvalue weighted by Crippen LogP contribution is -2.46. The topological polar surface area (TPSA) is 71.8 Å². The van der Waals surface area contributed by atoms with Crippen molar-refractivity contribution in [1.29, 1.82) is 0 Å². The SMILES string of the molecule is CC(C)C(C(N)=O)(c1ccccc1)c1cn[nH]c1. The number of benzene rings is 1. The second kappa shape index (κ2) is 4.64. The fourth-order valence-corrected chi connectivity index (χ4v) is 2.57. The van der Waals surface area contributed by atoms with E-state index in [1.165, 1.54) is 0 Å². The van der Waals surface area contributed by atoms with Crippen molar-refractivity contribution in [2.45, 2.75) is 19.3 Å². The molecule has 0 spiro atoms. The fourth-order valence-electron chi connectivity index (χ4n) is 2.57. The molecular formula is C14H17N3O. The first-order valence-corrected chi connectivity index (χ1v) is 5.94. The van der Waals surface area contributed by atoms with Crippen molar-refractivity contribution in [2.24, 2.45) is 11.7 Å². The van der Waals surface area contributed by atoms with Gasteiger partial charge < -0.3 is 5.73 Å². The van der Waals surface area contributed by atoms with Crippen LogP contribution in [0, 0.1) is 5.92 Å². The molecule has 1 aromatic heterocycles. The maximum absolute atomic E-state index is 12.1. The van der Waals surface area contributed by atoms with Crippen molar-refractivity contribution in [3.8, 4) is 0 Å². The van der Waals surface area contributed by atoms with E-state index in [2.05, 4.69) is 10.2 Å². The van der Waals surface area contributed by atoms with Crippen LogP contribution in [0.3, 0.4) is 0 Å². The fraction of sp³-hybridized carbons (Fsp3) is 0.286. The van der Waals surface area contributed by atoms with E-state index in [9.17, 15) is 4.79 Å². The van der Waals surface area contributed by atoms with Crippen molar-refractivity contribution in [1.82, 2.24) is 10.2 Å². The van der Waals surface area contributed by atoms with Gasteiger partial charge in [-0.05, 0) is 11.5 Å². The Morgan fingerprint density at radius 1 is 1.28 bits per heavy atom. The van der Waals surface area contributed by atoms with Crippen LogP contribution < -0.4 is 5.73 Å². The minimum absolute atomic E-state index is 0.0370. The molecule has 4 heteroatoms. The molecule has 0 saturated heterocycles. The molecule has 1 aromatic carbocycles. The Kier molecular flexibility index (Phi) is 3.19. The van der Waals surface area contributed by atoms with Crippen LogP contribution in [-0.2, 0) is 10.2 Å². The largest absolute Gasteiger partial charge is 0.369 e. The molecule has 2 rings (SSSR count). The molecule has 0 radical (unpaired) electrons. The second-order valence-corrected chi connectivity index (χ2v) is 4.68. The lowest BCUT2D eigenvalue weighted by molar-refractivity contribution is -0.123. The molecule has 18 heavy (non-hydrogen) atoms. The Morgan fingerprint density at radius 2 is 1.94 bits per heavy atom. The Labute approximate surface area is 106 Å². The van der Waals surface area contributed by atoms with Crippen LogP contribution >= 0.6 is 0 Å². The lowest BCUT2D eigenvalue weighted by atomic mass is 9.67. The first-order chi connectivity index (χ1) is 8.60. The quantitative estimate of drug-likeness (QED) is 0.860. The van der Waals surface area contributed by atoms with Crippen LogP contribution in [-0.4, -0.2) is 16.1 Å². The molecule has 1 amide bonds. The van der Waals surface area contributed by atoms with E-state index in [4.69, 9.17) is 5.73 Å². The number of nitrogens with zero attached hydrogens (tertiary/aromatic N) is 1. The standard InChI is InChI=1S/C14H17N3O/c1-10(2)14(13(15)18,12-8-16-17-9-12)11-6-4-3-5-7-11/h3-10H,1-2H3,(H2,15,18)(H,16,17). The number of aromatic amines is 1. The van der Waals surface area contributed by atoms with Gasteiger partial charge in [0.2, 0.25) is 5.91 Å². The van der Waals surface area contributed by atoms with Crippen LogP contribution in [0.25, 0.3) is 0 Å². The van der Waals surface area contributed by atoms with Gasteiger partial charge in [0.15, 0.2) is 0 Å². The van der Waals surface area contributed by atoms with E-state index >= 15 is 0 Å². The predicted octanol–water partition coefficient (Wildman–Crippen LogP) is 1.84. The summed E-state index contributed by atoms with van der Waals surface area (Å²) in [6, 6.07) is 9.60. The van der Waals surface area contributed by atoms with Gasteiger partial charge in [-0.2, -0.15) is 5.10 Å². The van der Waals surface area contributed by atoms with E-state index in [1.807, 2.05) is 44.2 Å². The smallest absolute Gasteiger partial charge is 0.232 e. The molecule has 94 valence electrons. The molecule has 0 bridgehead atoms. The molecule has 0 aliphatic rings. The molecule has 0 aliphatic carbocycles. The average molecular weight is 243 g/mol. The van der Waals surface area contributed by atoms with E-state index < -0.39 is 5.41 Å². The molecule has 4 nitrogen and oxygen atoms in total. The number of hydrogen-bond acceptors (Lipinski definition) is 2. The molecule has 1 atom stereocenters. The summed E-state index contributed by atoms with van der Waals surface area (Å²) < 4.78 is 0. The number of amides is 1. The summed E-state index contributed by atoms with van der Waals surface area (Å²) in [5, 5.41) is 6.70. The van der Waals surface area contributed by atoms with Gasteiger partial charge in [0, 0.05) is 11.8 Å². The first-order valence-electron chi connectivity index (χ1n) is 5.94. The van der Waals surface area contributed by atoms with Crippen LogP contribution in [0.4, 0.5) is 0 Å². The highest BCUT2D eigenvalue weighted by Crippen LogP contribution is 2.38. The van der Waals surface area contributed by atoms with Crippen LogP contribution in [0.2, 0.25) is 0 Å². The number of nitrogens with one attached hydrogen (secondary N) is 1. The normalized spacial score (nSPS) is 14.4. The third kappa shape index (κ3) is 1.70. The minimum atomic E-state index is -0.839. The van der Waals surface area contributed by atoms with Crippen molar-refractivity contribution in [2.75, 3.05) is 0 Å². The van der Waals surface area contributed by atoms with E-state index in [-0.39, 0.29) is 11.8 Å². The zero-order chi connectivity index (χ0) is 13.2. The van der Waals surface area contributed by atoms with Crippen LogP contribution in [0.1, 0.15) is 25.0 Å². The van der Waals surface area contributed by atoms with E-state index in [0.717, 1.165) is 11.1 Å². The number of hydrogen-bond donors (Lipinski definition) is 2. The molecule has 3 N–H and O–H groups in total. The number of rotatable bonds is 4. The number of primary amides is 1. The Hall–Kier alpha value is -2.10. The van der Waals surface area contributed by atoms with Gasteiger partial charge in [0.25, 0.3) is 0 Å². The molecular weight excluding hydrogens is 226 g/mol. The van der Waals surface area contributed by atoms with Gasteiger partial charge in [-0.15, -0.1) is 0 Å². The number of carbonyl (C=O) groups is 1. The minimum Gasteiger partial charge on any atom is -0.369 e.